The Bertz CT molecular complexity index is 742. The number of carbonyl (C=O) groups excluding carboxylic acids is 2. The van der Waals surface area contributed by atoms with E-state index in [0.717, 1.165) is 17.8 Å². The number of anilines is 2. The monoisotopic (exact) mass is 322 g/mol. The van der Waals surface area contributed by atoms with Gasteiger partial charge in [-0.05, 0) is 44.0 Å². The molecule has 0 aromatic heterocycles. The van der Waals surface area contributed by atoms with Gasteiger partial charge in [-0.15, -0.1) is 0 Å². The number of nitrogens with zero attached hydrogens (tertiary/aromatic N) is 2. The molecule has 0 saturated carbocycles. The first-order valence-electron chi connectivity index (χ1n) is 8.37. The summed E-state index contributed by atoms with van der Waals surface area (Å²) in [6.45, 7) is 4.49. The molecule has 2 amide bonds. The third-order valence-electron chi connectivity index (χ3n) is 4.46. The van der Waals surface area contributed by atoms with Crippen molar-refractivity contribution in [3.63, 3.8) is 0 Å². The first kappa shape index (κ1) is 16.2. The van der Waals surface area contributed by atoms with E-state index in [9.17, 15) is 9.59 Å². The lowest BCUT2D eigenvalue weighted by molar-refractivity contribution is -0.126. The molecule has 0 saturated heterocycles. The van der Waals surface area contributed by atoms with Crippen molar-refractivity contribution in [2.75, 3.05) is 16.3 Å². The van der Waals surface area contributed by atoms with E-state index in [1.54, 1.807) is 9.80 Å². The van der Waals surface area contributed by atoms with Gasteiger partial charge in [-0.1, -0.05) is 36.4 Å². The van der Waals surface area contributed by atoms with Crippen LogP contribution in [0.15, 0.2) is 54.6 Å². The Kier molecular flexibility index (Phi) is 4.65. The quantitative estimate of drug-likeness (QED) is 0.809. The number of para-hydroxylation sites is 2. The van der Waals surface area contributed by atoms with Crippen molar-refractivity contribution in [3.05, 3.63) is 60.2 Å². The maximum absolute atomic E-state index is 12.8. The van der Waals surface area contributed by atoms with E-state index in [-0.39, 0.29) is 24.3 Å². The fraction of sp³-hybridized carbons (Fsp3) is 0.300. The first-order chi connectivity index (χ1) is 11.6. The molecule has 0 spiro atoms. The van der Waals surface area contributed by atoms with Gasteiger partial charge in [-0.2, -0.15) is 0 Å². The van der Waals surface area contributed by atoms with Crippen molar-refractivity contribution >= 4 is 23.2 Å². The van der Waals surface area contributed by atoms with Crippen LogP contribution in [-0.4, -0.2) is 24.4 Å². The standard InChI is InChI=1S/C20H22N2O2/c1-3-21(17-10-5-4-6-11-17)19(23)14-20(24)22-15(2)13-16-9-7-8-12-18(16)22/h4-12,15H,3,13-14H2,1-2H3. The maximum atomic E-state index is 12.8. The van der Waals surface area contributed by atoms with Gasteiger partial charge in [0, 0.05) is 24.0 Å². The average Bonchev–Trinajstić information content (AvgIpc) is 2.92. The summed E-state index contributed by atoms with van der Waals surface area (Å²) in [5.74, 6) is -0.294. The molecule has 2 aromatic rings. The molecule has 24 heavy (non-hydrogen) atoms. The third kappa shape index (κ3) is 3.04. The van der Waals surface area contributed by atoms with Gasteiger partial charge in [-0.25, -0.2) is 0 Å². The number of benzene rings is 2. The zero-order valence-corrected chi connectivity index (χ0v) is 14.1. The number of amides is 2. The highest BCUT2D eigenvalue weighted by Crippen LogP contribution is 2.32. The summed E-state index contributed by atoms with van der Waals surface area (Å²) in [4.78, 5) is 28.8. The van der Waals surface area contributed by atoms with Crippen molar-refractivity contribution in [1.29, 1.82) is 0 Å². The van der Waals surface area contributed by atoms with Crippen molar-refractivity contribution in [2.24, 2.45) is 0 Å². The molecule has 0 N–H and O–H groups in total. The van der Waals surface area contributed by atoms with Crippen LogP contribution in [-0.2, 0) is 16.0 Å². The van der Waals surface area contributed by atoms with E-state index < -0.39 is 0 Å². The van der Waals surface area contributed by atoms with Crippen molar-refractivity contribution < 1.29 is 9.59 Å². The summed E-state index contributed by atoms with van der Waals surface area (Å²) < 4.78 is 0. The fourth-order valence-electron chi connectivity index (χ4n) is 3.37. The molecule has 2 aromatic carbocycles. The molecular weight excluding hydrogens is 300 g/mol. The van der Waals surface area contributed by atoms with E-state index in [1.807, 2.05) is 68.4 Å². The first-order valence-corrected chi connectivity index (χ1v) is 8.37. The third-order valence-corrected chi connectivity index (χ3v) is 4.46. The minimum Gasteiger partial charge on any atom is -0.312 e. The Morgan fingerprint density at radius 2 is 1.75 bits per heavy atom. The number of carbonyl (C=O) groups is 2. The average molecular weight is 322 g/mol. The smallest absolute Gasteiger partial charge is 0.236 e. The summed E-state index contributed by atoms with van der Waals surface area (Å²) in [5, 5.41) is 0. The van der Waals surface area contributed by atoms with Crippen molar-refractivity contribution in [2.45, 2.75) is 32.7 Å². The van der Waals surface area contributed by atoms with Gasteiger partial charge in [0.2, 0.25) is 11.8 Å². The normalized spacial score (nSPS) is 15.9. The van der Waals surface area contributed by atoms with Gasteiger partial charge in [0.25, 0.3) is 0 Å². The lowest BCUT2D eigenvalue weighted by Crippen LogP contribution is -2.40. The second kappa shape index (κ2) is 6.87. The Balaban J connectivity index is 1.76. The summed E-state index contributed by atoms with van der Waals surface area (Å²) >= 11 is 0. The van der Waals surface area contributed by atoms with E-state index in [2.05, 4.69) is 0 Å². The molecule has 1 atom stereocenters. The van der Waals surface area contributed by atoms with Crippen LogP contribution in [0.25, 0.3) is 0 Å². The molecule has 0 aliphatic carbocycles. The Labute approximate surface area is 142 Å². The molecule has 1 aliphatic rings. The van der Waals surface area contributed by atoms with Crippen LogP contribution in [0.4, 0.5) is 11.4 Å². The van der Waals surface area contributed by atoms with Crippen LogP contribution in [0.1, 0.15) is 25.8 Å². The van der Waals surface area contributed by atoms with Crippen molar-refractivity contribution in [1.82, 2.24) is 0 Å². The molecule has 0 bridgehead atoms. The maximum Gasteiger partial charge on any atom is 0.236 e. The van der Waals surface area contributed by atoms with Gasteiger partial charge >= 0.3 is 0 Å². The van der Waals surface area contributed by atoms with E-state index in [1.165, 1.54) is 5.56 Å². The Morgan fingerprint density at radius 1 is 1.08 bits per heavy atom. The molecule has 1 heterocycles. The number of hydrogen-bond acceptors (Lipinski definition) is 2. The van der Waals surface area contributed by atoms with E-state index >= 15 is 0 Å². The lowest BCUT2D eigenvalue weighted by Gasteiger charge is -2.25. The molecule has 4 heteroatoms. The predicted octanol–water partition coefficient (Wildman–Crippen LogP) is 3.41. The predicted molar refractivity (Wildman–Crippen MR) is 96.2 cm³/mol. The van der Waals surface area contributed by atoms with E-state index in [0.29, 0.717) is 6.54 Å². The number of fused-ring (bicyclic) bond motifs is 1. The SMILES string of the molecule is CCN(C(=O)CC(=O)N1c2ccccc2CC1C)c1ccccc1. The van der Waals surface area contributed by atoms with Gasteiger partial charge < -0.3 is 9.80 Å². The second-order valence-corrected chi connectivity index (χ2v) is 6.10. The molecule has 0 fully saturated rings. The molecule has 4 nitrogen and oxygen atoms in total. The van der Waals surface area contributed by atoms with Crippen molar-refractivity contribution in [3.8, 4) is 0 Å². The molecule has 0 radical (unpaired) electrons. The minimum atomic E-state index is -0.162. The highest BCUT2D eigenvalue weighted by molar-refractivity contribution is 6.10. The summed E-state index contributed by atoms with van der Waals surface area (Å²) in [5.41, 5.74) is 2.93. The largest absolute Gasteiger partial charge is 0.312 e. The zero-order chi connectivity index (χ0) is 17.1. The minimum absolute atomic E-state index is 0.0921. The highest BCUT2D eigenvalue weighted by atomic mass is 16.2. The van der Waals surface area contributed by atoms with Gasteiger partial charge in [0.05, 0.1) is 0 Å². The van der Waals surface area contributed by atoms with Crippen LogP contribution in [0.5, 0.6) is 0 Å². The van der Waals surface area contributed by atoms with Gasteiger partial charge in [0.15, 0.2) is 0 Å². The molecule has 1 aliphatic heterocycles. The molecule has 1 unspecified atom stereocenters. The van der Waals surface area contributed by atoms with Crippen LogP contribution in [0.2, 0.25) is 0 Å². The fourth-order valence-corrected chi connectivity index (χ4v) is 3.37. The molecule has 3 rings (SSSR count). The second-order valence-electron chi connectivity index (χ2n) is 6.10. The van der Waals surface area contributed by atoms with Crippen LogP contribution in [0.3, 0.4) is 0 Å². The van der Waals surface area contributed by atoms with Gasteiger partial charge in [0.1, 0.15) is 6.42 Å². The topological polar surface area (TPSA) is 40.6 Å². The number of rotatable bonds is 4. The molecule has 124 valence electrons. The Hall–Kier alpha value is -2.62. The van der Waals surface area contributed by atoms with Gasteiger partial charge in [-0.3, -0.25) is 9.59 Å². The molecular formula is C20H22N2O2. The Morgan fingerprint density at radius 3 is 2.46 bits per heavy atom. The zero-order valence-electron chi connectivity index (χ0n) is 14.1. The van der Waals surface area contributed by atoms with Crippen LogP contribution >= 0.6 is 0 Å². The lowest BCUT2D eigenvalue weighted by atomic mass is 10.1. The summed E-state index contributed by atoms with van der Waals surface area (Å²) in [7, 11) is 0. The van der Waals surface area contributed by atoms with E-state index in [4.69, 9.17) is 0 Å². The van der Waals surface area contributed by atoms with Crippen LogP contribution in [0, 0.1) is 0 Å². The number of hydrogen-bond donors (Lipinski definition) is 0. The van der Waals surface area contributed by atoms with Crippen LogP contribution < -0.4 is 9.80 Å². The highest BCUT2D eigenvalue weighted by Gasteiger charge is 2.32. The summed E-state index contributed by atoms with van der Waals surface area (Å²) in [6, 6.07) is 17.5. The summed E-state index contributed by atoms with van der Waals surface area (Å²) in [6.07, 6.45) is 0.730.